The van der Waals surface area contributed by atoms with Crippen LogP contribution in [0.15, 0.2) is 0 Å². The monoisotopic (exact) mass is 245 g/mol. The number of unbranched alkanes of at least 4 members (excludes halogenated alkanes) is 3. The molecule has 0 aliphatic carbocycles. The molecule has 1 heterocycles. The summed E-state index contributed by atoms with van der Waals surface area (Å²) in [6.45, 7) is 3.11. The van der Waals surface area contributed by atoms with Crippen LogP contribution in [-0.2, 0) is 4.74 Å². The molecule has 0 aromatic rings. The Morgan fingerprint density at radius 2 is 2.00 bits per heavy atom. The predicted molar refractivity (Wildman–Crippen MR) is 73.3 cm³/mol. The van der Waals surface area contributed by atoms with E-state index in [9.17, 15) is 0 Å². The molecule has 0 aromatic heterocycles. The highest BCUT2D eigenvalue weighted by molar-refractivity contribution is 7.98. The van der Waals surface area contributed by atoms with Crippen molar-refractivity contribution in [2.75, 3.05) is 31.8 Å². The van der Waals surface area contributed by atoms with E-state index in [0.717, 1.165) is 13.2 Å². The summed E-state index contributed by atoms with van der Waals surface area (Å²) in [5, 5.41) is 3.67. The predicted octanol–water partition coefficient (Wildman–Crippen LogP) is 3.07. The Morgan fingerprint density at radius 3 is 2.88 bits per heavy atom. The molecule has 1 saturated heterocycles. The Labute approximate surface area is 105 Å². The van der Waals surface area contributed by atoms with Crippen molar-refractivity contribution < 1.29 is 4.74 Å². The molecule has 0 radical (unpaired) electrons. The van der Waals surface area contributed by atoms with Gasteiger partial charge in [-0.15, -0.1) is 0 Å². The molecular weight excluding hydrogens is 218 g/mol. The second-order valence-electron chi connectivity index (χ2n) is 4.60. The van der Waals surface area contributed by atoms with Crippen molar-refractivity contribution in [2.45, 2.75) is 51.0 Å². The van der Waals surface area contributed by atoms with Crippen LogP contribution in [0.4, 0.5) is 0 Å². The smallest absolute Gasteiger partial charge is 0.0480 e. The van der Waals surface area contributed by atoms with Gasteiger partial charge in [-0.3, -0.25) is 0 Å². The highest BCUT2D eigenvalue weighted by Gasteiger charge is 2.10. The Hall–Kier alpha value is 0.270. The van der Waals surface area contributed by atoms with E-state index in [1.165, 1.54) is 57.2 Å². The Balaban J connectivity index is 1.86. The second-order valence-corrected chi connectivity index (χ2v) is 5.59. The molecule has 96 valence electrons. The quantitative estimate of drug-likeness (QED) is 0.664. The van der Waals surface area contributed by atoms with Crippen LogP contribution in [0.1, 0.15) is 44.9 Å². The maximum Gasteiger partial charge on any atom is 0.0480 e. The molecule has 0 amide bonds. The molecule has 0 saturated carbocycles. The van der Waals surface area contributed by atoms with Gasteiger partial charge < -0.3 is 10.1 Å². The van der Waals surface area contributed by atoms with Gasteiger partial charge in [0.05, 0.1) is 0 Å². The number of ether oxygens (including phenoxy) is 1. The lowest BCUT2D eigenvalue weighted by Gasteiger charge is -2.15. The molecule has 16 heavy (non-hydrogen) atoms. The first-order valence-electron chi connectivity index (χ1n) is 6.73. The van der Waals surface area contributed by atoms with Crippen molar-refractivity contribution in [2.24, 2.45) is 0 Å². The van der Waals surface area contributed by atoms with Crippen molar-refractivity contribution in [1.82, 2.24) is 5.32 Å². The van der Waals surface area contributed by atoms with Crippen LogP contribution in [0.5, 0.6) is 0 Å². The number of nitrogens with one attached hydrogen (secondary N) is 1. The van der Waals surface area contributed by atoms with E-state index in [1.807, 2.05) is 11.8 Å². The molecule has 1 aliphatic heterocycles. The standard InChI is InChI=1S/C13H27NOS/c1-16-12-5-3-2-4-9-14-13-7-6-10-15-11-8-13/h13-14H,2-12H2,1H3. The van der Waals surface area contributed by atoms with Crippen LogP contribution in [0.3, 0.4) is 0 Å². The molecule has 3 heteroatoms. The van der Waals surface area contributed by atoms with Gasteiger partial charge in [0.2, 0.25) is 0 Å². The van der Waals surface area contributed by atoms with E-state index in [2.05, 4.69) is 11.6 Å². The third-order valence-electron chi connectivity index (χ3n) is 3.16. The summed E-state index contributed by atoms with van der Waals surface area (Å²) in [5.74, 6) is 1.33. The number of hydrogen-bond acceptors (Lipinski definition) is 3. The molecule has 1 rings (SSSR count). The van der Waals surface area contributed by atoms with Gasteiger partial charge in [0.15, 0.2) is 0 Å². The fraction of sp³-hybridized carbons (Fsp3) is 1.00. The van der Waals surface area contributed by atoms with Crippen LogP contribution < -0.4 is 5.32 Å². The van der Waals surface area contributed by atoms with Crippen molar-refractivity contribution in [3.05, 3.63) is 0 Å². The summed E-state index contributed by atoms with van der Waals surface area (Å²) < 4.78 is 5.45. The molecule has 0 aromatic carbocycles. The van der Waals surface area contributed by atoms with Gasteiger partial charge >= 0.3 is 0 Å². The van der Waals surface area contributed by atoms with E-state index in [4.69, 9.17) is 4.74 Å². The number of hydrogen-bond donors (Lipinski definition) is 1. The molecule has 1 atom stereocenters. The number of thioether (sulfide) groups is 1. The van der Waals surface area contributed by atoms with E-state index < -0.39 is 0 Å². The third kappa shape index (κ3) is 7.53. The lowest BCUT2D eigenvalue weighted by molar-refractivity contribution is 0.142. The largest absolute Gasteiger partial charge is 0.381 e. The van der Waals surface area contributed by atoms with Crippen molar-refractivity contribution in [1.29, 1.82) is 0 Å². The van der Waals surface area contributed by atoms with Crippen LogP contribution in [-0.4, -0.2) is 37.8 Å². The minimum absolute atomic E-state index is 0.716. The van der Waals surface area contributed by atoms with E-state index in [1.54, 1.807) is 0 Å². The Morgan fingerprint density at radius 1 is 1.12 bits per heavy atom. The molecule has 1 unspecified atom stereocenters. The first-order valence-corrected chi connectivity index (χ1v) is 8.13. The van der Waals surface area contributed by atoms with Crippen LogP contribution in [0.2, 0.25) is 0 Å². The van der Waals surface area contributed by atoms with Crippen LogP contribution in [0.25, 0.3) is 0 Å². The normalized spacial score (nSPS) is 21.9. The third-order valence-corrected chi connectivity index (χ3v) is 3.86. The van der Waals surface area contributed by atoms with Crippen LogP contribution in [0, 0.1) is 0 Å². The Kier molecular flexibility index (Phi) is 9.34. The maximum absolute atomic E-state index is 5.45. The van der Waals surface area contributed by atoms with Gasteiger partial charge in [0.1, 0.15) is 0 Å². The molecule has 0 spiro atoms. The average Bonchev–Trinajstić information content (AvgIpc) is 2.56. The van der Waals surface area contributed by atoms with Crippen LogP contribution >= 0.6 is 11.8 Å². The molecule has 0 bridgehead atoms. The zero-order valence-electron chi connectivity index (χ0n) is 10.7. The summed E-state index contributed by atoms with van der Waals surface area (Å²) in [5.41, 5.74) is 0. The van der Waals surface area contributed by atoms with Gasteiger partial charge in [-0.05, 0) is 50.7 Å². The van der Waals surface area contributed by atoms with Gasteiger partial charge in [0.25, 0.3) is 0 Å². The summed E-state index contributed by atoms with van der Waals surface area (Å²) >= 11 is 1.96. The summed E-state index contributed by atoms with van der Waals surface area (Å²) in [6.07, 6.45) is 11.4. The SMILES string of the molecule is CSCCCCCCNC1CCCOCC1. The highest BCUT2D eigenvalue weighted by atomic mass is 32.2. The second kappa shape index (κ2) is 10.4. The van der Waals surface area contributed by atoms with Crippen molar-refractivity contribution in [3.63, 3.8) is 0 Å². The summed E-state index contributed by atoms with van der Waals surface area (Å²) in [7, 11) is 0. The zero-order valence-corrected chi connectivity index (χ0v) is 11.5. The first-order chi connectivity index (χ1) is 7.93. The zero-order chi connectivity index (χ0) is 11.5. The lowest BCUT2D eigenvalue weighted by atomic mass is 10.1. The summed E-state index contributed by atoms with van der Waals surface area (Å²) in [6, 6.07) is 0.716. The molecule has 2 nitrogen and oxygen atoms in total. The highest BCUT2D eigenvalue weighted by Crippen LogP contribution is 2.09. The van der Waals surface area contributed by atoms with Gasteiger partial charge in [-0.2, -0.15) is 11.8 Å². The molecule has 1 fully saturated rings. The topological polar surface area (TPSA) is 21.3 Å². The average molecular weight is 245 g/mol. The Bertz CT molecular complexity index is 147. The van der Waals surface area contributed by atoms with E-state index in [-0.39, 0.29) is 0 Å². The van der Waals surface area contributed by atoms with E-state index >= 15 is 0 Å². The van der Waals surface area contributed by atoms with Gasteiger partial charge in [-0.25, -0.2) is 0 Å². The lowest BCUT2D eigenvalue weighted by Crippen LogP contribution is -2.30. The fourth-order valence-corrected chi connectivity index (χ4v) is 2.63. The molecular formula is C13H27NOS. The minimum Gasteiger partial charge on any atom is -0.381 e. The fourth-order valence-electron chi connectivity index (χ4n) is 2.14. The minimum atomic E-state index is 0.716. The molecule has 1 aliphatic rings. The number of rotatable bonds is 8. The van der Waals surface area contributed by atoms with Crippen molar-refractivity contribution >= 4 is 11.8 Å². The van der Waals surface area contributed by atoms with Crippen molar-refractivity contribution in [3.8, 4) is 0 Å². The maximum atomic E-state index is 5.45. The molecule has 1 N–H and O–H groups in total. The summed E-state index contributed by atoms with van der Waals surface area (Å²) in [4.78, 5) is 0. The first kappa shape index (κ1) is 14.3. The van der Waals surface area contributed by atoms with E-state index in [0.29, 0.717) is 6.04 Å². The van der Waals surface area contributed by atoms with Gasteiger partial charge in [-0.1, -0.05) is 12.8 Å². The van der Waals surface area contributed by atoms with Gasteiger partial charge in [0, 0.05) is 19.3 Å².